The SMILES string of the molecule is CCC(C)(C(=O)c1cc(C)cnc1N)N(C)C. The van der Waals surface area contributed by atoms with Crippen molar-refractivity contribution in [2.24, 2.45) is 0 Å². The molecule has 0 amide bonds. The zero-order valence-corrected chi connectivity index (χ0v) is 11.2. The fourth-order valence-electron chi connectivity index (χ4n) is 1.73. The quantitative estimate of drug-likeness (QED) is 0.810. The molecular weight excluding hydrogens is 214 g/mol. The summed E-state index contributed by atoms with van der Waals surface area (Å²) in [5.74, 6) is 0.334. The van der Waals surface area contributed by atoms with E-state index in [0.29, 0.717) is 11.4 Å². The second-order valence-electron chi connectivity index (χ2n) is 4.80. The third-order valence-corrected chi connectivity index (χ3v) is 3.46. The lowest BCUT2D eigenvalue weighted by Gasteiger charge is -2.34. The fraction of sp³-hybridized carbons (Fsp3) is 0.538. The molecule has 0 aliphatic heterocycles. The number of rotatable bonds is 4. The van der Waals surface area contributed by atoms with Crippen LogP contribution in [-0.4, -0.2) is 35.3 Å². The van der Waals surface area contributed by atoms with Gasteiger partial charge in [0.05, 0.1) is 11.1 Å². The molecule has 1 aromatic rings. The highest BCUT2D eigenvalue weighted by Gasteiger charge is 2.35. The predicted molar refractivity (Wildman–Crippen MR) is 70.1 cm³/mol. The lowest BCUT2D eigenvalue weighted by atomic mass is 9.87. The van der Waals surface area contributed by atoms with Crippen molar-refractivity contribution in [1.82, 2.24) is 9.88 Å². The first-order valence-electron chi connectivity index (χ1n) is 5.77. The van der Waals surface area contributed by atoms with Crippen LogP contribution in [-0.2, 0) is 0 Å². The minimum absolute atomic E-state index is 0.0266. The number of pyridine rings is 1. The van der Waals surface area contributed by atoms with Crippen LogP contribution in [0.15, 0.2) is 12.3 Å². The Morgan fingerprint density at radius 2 is 2.12 bits per heavy atom. The number of ketones is 1. The van der Waals surface area contributed by atoms with E-state index in [4.69, 9.17) is 5.73 Å². The number of Topliss-reactive ketones (excluding diaryl/α,β-unsaturated/α-hetero) is 1. The average molecular weight is 235 g/mol. The van der Waals surface area contributed by atoms with Crippen LogP contribution in [0, 0.1) is 6.92 Å². The van der Waals surface area contributed by atoms with E-state index in [0.717, 1.165) is 12.0 Å². The molecule has 1 heterocycles. The van der Waals surface area contributed by atoms with Gasteiger partial charge in [-0.15, -0.1) is 0 Å². The van der Waals surface area contributed by atoms with Crippen molar-refractivity contribution in [2.45, 2.75) is 32.7 Å². The molecule has 0 bridgehead atoms. The van der Waals surface area contributed by atoms with Crippen molar-refractivity contribution in [1.29, 1.82) is 0 Å². The maximum atomic E-state index is 12.6. The first-order chi connectivity index (χ1) is 7.82. The molecule has 17 heavy (non-hydrogen) atoms. The van der Waals surface area contributed by atoms with Gasteiger partial charge in [-0.25, -0.2) is 4.98 Å². The number of hydrogen-bond donors (Lipinski definition) is 1. The van der Waals surface area contributed by atoms with Gasteiger partial charge in [0.15, 0.2) is 5.78 Å². The zero-order valence-electron chi connectivity index (χ0n) is 11.2. The number of likely N-dealkylation sites (N-methyl/N-ethyl adjacent to an activating group) is 1. The van der Waals surface area contributed by atoms with Gasteiger partial charge >= 0.3 is 0 Å². The Hall–Kier alpha value is -1.42. The van der Waals surface area contributed by atoms with Crippen LogP contribution in [0.5, 0.6) is 0 Å². The summed E-state index contributed by atoms with van der Waals surface area (Å²) in [5, 5.41) is 0. The molecule has 94 valence electrons. The third-order valence-electron chi connectivity index (χ3n) is 3.46. The van der Waals surface area contributed by atoms with E-state index in [1.165, 1.54) is 0 Å². The van der Waals surface area contributed by atoms with Crippen molar-refractivity contribution in [3.8, 4) is 0 Å². The van der Waals surface area contributed by atoms with Crippen LogP contribution in [0.1, 0.15) is 36.2 Å². The minimum Gasteiger partial charge on any atom is -0.383 e. The Morgan fingerprint density at radius 3 is 2.59 bits per heavy atom. The number of carbonyl (C=O) groups excluding carboxylic acids is 1. The van der Waals surface area contributed by atoms with E-state index in [1.54, 1.807) is 6.20 Å². The summed E-state index contributed by atoms with van der Waals surface area (Å²) in [6.07, 6.45) is 2.40. The number of aryl methyl sites for hydroxylation is 1. The molecule has 2 N–H and O–H groups in total. The molecule has 0 aromatic carbocycles. The number of anilines is 1. The van der Waals surface area contributed by atoms with Crippen molar-refractivity contribution in [3.63, 3.8) is 0 Å². The number of aromatic nitrogens is 1. The van der Waals surface area contributed by atoms with E-state index in [1.807, 2.05) is 45.8 Å². The normalized spacial score (nSPS) is 14.7. The Kier molecular flexibility index (Phi) is 3.88. The molecule has 4 nitrogen and oxygen atoms in total. The molecule has 0 aliphatic carbocycles. The largest absolute Gasteiger partial charge is 0.383 e. The fourth-order valence-corrected chi connectivity index (χ4v) is 1.73. The van der Waals surface area contributed by atoms with Gasteiger partial charge < -0.3 is 5.73 Å². The van der Waals surface area contributed by atoms with Crippen LogP contribution < -0.4 is 5.73 Å². The second-order valence-corrected chi connectivity index (χ2v) is 4.80. The van der Waals surface area contributed by atoms with Gasteiger partial charge in [0.1, 0.15) is 5.82 Å². The zero-order chi connectivity index (χ0) is 13.2. The Morgan fingerprint density at radius 1 is 1.53 bits per heavy atom. The van der Waals surface area contributed by atoms with Crippen molar-refractivity contribution in [2.75, 3.05) is 19.8 Å². The van der Waals surface area contributed by atoms with Crippen LogP contribution >= 0.6 is 0 Å². The minimum atomic E-state index is -0.538. The monoisotopic (exact) mass is 235 g/mol. The summed E-state index contributed by atoms with van der Waals surface area (Å²) in [5.41, 5.74) is 6.71. The average Bonchev–Trinajstić information content (AvgIpc) is 2.30. The summed E-state index contributed by atoms with van der Waals surface area (Å²) in [7, 11) is 3.81. The van der Waals surface area contributed by atoms with Crippen LogP contribution in [0.2, 0.25) is 0 Å². The van der Waals surface area contributed by atoms with Crippen molar-refractivity contribution in [3.05, 3.63) is 23.4 Å². The highest BCUT2D eigenvalue weighted by atomic mass is 16.1. The number of carbonyl (C=O) groups is 1. The summed E-state index contributed by atoms with van der Waals surface area (Å²) >= 11 is 0. The van der Waals surface area contributed by atoms with Gasteiger partial charge in [0, 0.05) is 6.20 Å². The number of nitrogens with zero attached hydrogens (tertiary/aromatic N) is 2. The number of hydrogen-bond acceptors (Lipinski definition) is 4. The van der Waals surface area contributed by atoms with E-state index < -0.39 is 5.54 Å². The Labute approximate surface area is 103 Å². The first-order valence-corrected chi connectivity index (χ1v) is 5.77. The molecule has 1 rings (SSSR count). The molecular formula is C13H21N3O. The molecule has 0 saturated carbocycles. The molecule has 1 aromatic heterocycles. The Bertz CT molecular complexity index is 429. The third kappa shape index (κ3) is 2.47. The van der Waals surface area contributed by atoms with Crippen molar-refractivity contribution >= 4 is 11.6 Å². The van der Waals surface area contributed by atoms with Gasteiger partial charge in [-0.1, -0.05) is 6.92 Å². The maximum Gasteiger partial charge on any atom is 0.186 e. The molecule has 1 unspecified atom stereocenters. The van der Waals surface area contributed by atoms with Gasteiger partial charge in [-0.3, -0.25) is 9.69 Å². The summed E-state index contributed by atoms with van der Waals surface area (Å²) in [6.45, 7) is 5.83. The lowest BCUT2D eigenvalue weighted by Crippen LogP contribution is -2.48. The predicted octanol–water partition coefficient (Wildman–Crippen LogP) is 1.89. The molecule has 4 heteroatoms. The molecule has 1 atom stereocenters. The highest BCUT2D eigenvalue weighted by Crippen LogP contribution is 2.24. The Balaban J connectivity index is 3.24. The first kappa shape index (κ1) is 13.6. The van der Waals surface area contributed by atoms with Crippen LogP contribution in [0.4, 0.5) is 5.82 Å². The lowest BCUT2D eigenvalue weighted by molar-refractivity contribution is 0.0711. The summed E-state index contributed by atoms with van der Waals surface area (Å²) < 4.78 is 0. The smallest absolute Gasteiger partial charge is 0.186 e. The van der Waals surface area contributed by atoms with Gasteiger partial charge in [-0.05, 0) is 46.0 Å². The standard InChI is InChI=1S/C13H21N3O/c1-6-13(3,16(4)5)11(17)10-7-9(2)8-15-12(10)14/h7-8H,6H2,1-5H3,(H2,14,15). The van der Waals surface area contributed by atoms with Crippen molar-refractivity contribution < 1.29 is 4.79 Å². The van der Waals surface area contributed by atoms with Gasteiger partial charge in [0.25, 0.3) is 0 Å². The van der Waals surface area contributed by atoms with E-state index >= 15 is 0 Å². The molecule has 0 spiro atoms. The van der Waals surface area contributed by atoms with Crippen LogP contribution in [0.3, 0.4) is 0 Å². The van der Waals surface area contributed by atoms with Gasteiger partial charge in [-0.2, -0.15) is 0 Å². The van der Waals surface area contributed by atoms with Gasteiger partial charge in [0.2, 0.25) is 0 Å². The molecule has 0 radical (unpaired) electrons. The van der Waals surface area contributed by atoms with E-state index in [-0.39, 0.29) is 5.78 Å². The topological polar surface area (TPSA) is 59.2 Å². The molecule has 0 aliphatic rings. The second kappa shape index (κ2) is 4.84. The summed E-state index contributed by atoms with van der Waals surface area (Å²) in [6, 6.07) is 1.81. The molecule has 0 saturated heterocycles. The molecule has 0 fully saturated rings. The number of nitrogens with two attached hydrogens (primary N) is 1. The summed E-state index contributed by atoms with van der Waals surface area (Å²) in [4.78, 5) is 18.5. The van der Waals surface area contributed by atoms with E-state index in [9.17, 15) is 4.79 Å². The maximum absolute atomic E-state index is 12.6. The van der Waals surface area contributed by atoms with Crippen LogP contribution in [0.25, 0.3) is 0 Å². The van der Waals surface area contributed by atoms with E-state index in [2.05, 4.69) is 4.98 Å². The highest BCUT2D eigenvalue weighted by molar-refractivity contribution is 6.06. The number of nitrogen functional groups attached to an aromatic ring is 1.